The van der Waals surface area contributed by atoms with Crippen molar-refractivity contribution in [3.05, 3.63) is 45.8 Å². The van der Waals surface area contributed by atoms with Crippen molar-refractivity contribution in [3.63, 3.8) is 0 Å². The molecular formula is C25H32N2O7S. The lowest BCUT2D eigenvalue weighted by atomic mass is 9.82. The summed E-state index contributed by atoms with van der Waals surface area (Å²) in [6.45, 7) is 7.67. The van der Waals surface area contributed by atoms with Crippen LogP contribution in [0.5, 0.6) is 11.5 Å². The molecule has 1 aromatic carbocycles. The number of rotatable bonds is 9. The zero-order valence-corrected chi connectivity index (χ0v) is 21.7. The zero-order valence-electron chi connectivity index (χ0n) is 20.9. The minimum absolute atomic E-state index is 0.00730. The molecule has 0 radical (unpaired) electrons. The number of ether oxygens (including phenoxy) is 4. The van der Waals surface area contributed by atoms with Gasteiger partial charge in [0.1, 0.15) is 5.82 Å². The predicted octanol–water partition coefficient (Wildman–Crippen LogP) is 3.44. The molecule has 0 saturated carbocycles. The van der Waals surface area contributed by atoms with Crippen LogP contribution in [-0.2, 0) is 23.9 Å². The lowest BCUT2D eigenvalue weighted by Crippen LogP contribution is -2.40. The SMILES string of the molecule is CCCCOC(=O)C1=C(N)N2C(=O)[C@H](C)SC2=C(C(=O)OC)[C@H]1c1ccc(OC(C)C)c(OC)c1. The molecule has 1 saturated heterocycles. The highest BCUT2D eigenvalue weighted by Crippen LogP contribution is 2.50. The maximum atomic E-state index is 13.3. The van der Waals surface area contributed by atoms with Gasteiger partial charge in [0.15, 0.2) is 11.5 Å². The van der Waals surface area contributed by atoms with Gasteiger partial charge in [-0.2, -0.15) is 0 Å². The molecule has 9 nitrogen and oxygen atoms in total. The van der Waals surface area contributed by atoms with E-state index in [1.807, 2.05) is 20.8 Å². The number of hydrogen-bond donors (Lipinski definition) is 1. The summed E-state index contributed by atoms with van der Waals surface area (Å²) < 4.78 is 21.9. The van der Waals surface area contributed by atoms with Gasteiger partial charge in [0, 0.05) is 0 Å². The number of benzene rings is 1. The molecule has 0 bridgehead atoms. The molecular weight excluding hydrogens is 472 g/mol. The maximum absolute atomic E-state index is 13.3. The molecule has 1 aromatic rings. The van der Waals surface area contributed by atoms with E-state index in [2.05, 4.69) is 0 Å². The lowest BCUT2D eigenvalue weighted by molar-refractivity contribution is -0.139. The molecule has 2 aliphatic rings. The second-order valence-electron chi connectivity index (χ2n) is 8.44. The monoisotopic (exact) mass is 504 g/mol. The Hall–Kier alpha value is -3.14. The first-order valence-corrected chi connectivity index (χ1v) is 12.4. The minimum Gasteiger partial charge on any atom is -0.493 e. The fraction of sp³-hybridized carbons (Fsp3) is 0.480. The molecule has 2 aliphatic heterocycles. The molecule has 10 heteroatoms. The number of thioether (sulfide) groups is 1. The van der Waals surface area contributed by atoms with Crippen molar-refractivity contribution in [2.75, 3.05) is 20.8 Å². The molecule has 2 heterocycles. The van der Waals surface area contributed by atoms with Gasteiger partial charge in [-0.15, -0.1) is 0 Å². The number of carbonyl (C=O) groups is 3. The predicted molar refractivity (Wildman–Crippen MR) is 132 cm³/mol. The van der Waals surface area contributed by atoms with Crippen LogP contribution in [0.1, 0.15) is 52.0 Å². The summed E-state index contributed by atoms with van der Waals surface area (Å²) in [5.74, 6) is -1.73. The number of carbonyl (C=O) groups excluding carboxylic acids is 3. The van der Waals surface area contributed by atoms with E-state index in [4.69, 9.17) is 24.7 Å². The van der Waals surface area contributed by atoms with Crippen molar-refractivity contribution in [1.82, 2.24) is 4.90 Å². The van der Waals surface area contributed by atoms with Crippen molar-refractivity contribution in [2.45, 2.75) is 57.8 Å². The van der Waals surface area contributed by atoms with Gasteiger partial charge in [0.25, 0.3) is 0 Å². The summed E-state index contributed by atoms with van der Waals surface area (Å²) in [6, 6.07) is 5.15. The Labute approximate surface area is 209 Å². The number of amides is 1. The van der Waals surface area contributed by atoms with Crippen LogP contribution in [0.4, 0.5) is 0 Å². The molecule has 2 N–H and O–H groups in total. The fourth-order valence-electron chi connectivity index (χ4n) is 3.97. The Morgan fingerprint density at radius 1 is 1.14 bits per heavy atom. The summed E-state index contributed by atoms with van der Waals surface area (Å²) in [5.41, 5.74) is 7.15. The first-order valence-electron chi connectivity index (χ1n) is 11.5. The smallest absolute Gasteiger partial charge is 0.338 e. The highest BCUT2D eigenvalue weighted by molar-refractivity contribution is 8.04. The van der Waals surface area contributed by atoms with E-state index in [0.717, 1.165) is 6.42 Å². The normalized spacial score (nSPS) is 19.7. The van der Waals surface area contributed by atoms with Crippen molar-refractivity contribution >= 4 is 29.6 Å². The lowest BCUT2D eigenvalue weighted by Gasteiger charge is -2.33. The Bertz CT molecular complexity index is 1080. The first-order chi connectivity index (χ1) is 16.7. The standard InChI is InChI=1S/C25H32N2O7S/c1-7-8-11-33-25(30)19-18(15-9-10-16(34-13(2)3)17(12-15)31-5)20(24(29)32-6)23-27(21(19)26)22(28)14(4)35-23/h9-10,12-14,18H,7-8,11,26H2,1-6H3/t14-,18-/m0/s1. The van der Waals surface area contributed by atoms with Gasteiger partial charge in [0.05, 0.1) is 54.3 Å². The quantitative estimate of drug-likeness (QED) is 0.398. The number of esters is 2. The third-order valence-corrected chi connectivity index (χ3v) is 6.81. The van der Waals surface area contributed by atoms with E-state index in [9.17, 15) is 14.4 Å². The molecule has 190 valence electrons. The van der Waals surface area contributed by atoms with Crippen LogP contribution in [0.2, 0.25) is 0 Å². The molecule has 0 unspecified atom stereocenters. The third kappa shape index (κ3) is 5.12. The zero-order chi connectivity index (χ0) is 25.9. The molecule has 0 aromatic heterocycles. The van der Waals surface area contributed by atoms with Gasteiger partial charge in [-0.1, -0.05) is 31.2 Å². The Morgan fingerprint density at radius 2 is 1.86 bits per heavy atom. The summed E-state index contributed by atoms with van der Waals surface area (Å²) in [5, 5.41) is -0.140. The minimum atomic E-state index is -0.935. The summed E-state index contributed by atoms with van der Waals surface area (Å²) in [6.07, 6.45) is 1.41. The molecule has 0 aliphatic carbocycles. The van der Waals surface area contributed by atoms with Crippen LogP contribution in [0.25, 0.3) is 0 Å². The number of unbranched alkanes of at least 4 members (excludes halogenated alkanes) is 1. The molecule has 35 heavy (non-hydrogen) atoms. The maximum Gasteiger partial charge on any atom is 0.338 e. The van der Waals surface area contributed by atoms with E-state index in [1.54, 1.807) is 25.1 Å². The van der Waals surface area contributed by atoms with Gasteiger partial charge in [0.2, 0.25) is 5.91 Å². The van der Waals surface area contributed by atoms with Crippen LogP contribution in [0, 0.1) is 0 Å². The second-order valence-corrected chi connectivity index (χ2v) is 9.77. The van der Waals surface area contributed by atoms with Crippen LogP contribution < -0.4 is 15.2 Å². The van der Waals surface area contributed by atoms with Gasteiger partial charge in [-0.05, 0) is 44.9 Å². The average Bonchev–Trinajstić information content (AvgIpc) is 3.12. The van der Waals surface area contributed by atoms with Crippen LogP contribution in [-0.4, -0.2) is 54.9 Å². The van der Waals surface area contributed by atoms with Crippen LogP contribution in [0.3, 0.4) is 0 Å². The topological polar surface area (TPSA) is 117 Å². The summed E-state index contributed by atoms with van der Waals surface area (Å²) in [7, 11) is 2.76. The molecule has 0 spiro atoms. The number of nitrogens with two attached hydrogens (primary N) is 1. The highest BCUT2D eigenvalue weighted by atomic mass is 32.2. The number of fused-ring (bicyclic) bond motifs is 1. The van der Waals surface area contributed by atoms with E-state index in [1.165, 1.54) is 30.9 Å². The van der Waals surface area contributed by atoms with Crippen molar-refractivity contribution in [3.8, 4) is 11.5 Å². The van der Waals surface area contributed by atoms with Gasteiger partial charge < -0.3 is 24.7 Å². The van der Waals surface area contributed by atoms with E-state index >= 15 is 0 Å². The Kier molecular flexibility index (Phi) is 8.37. The molecule has 1 amide bonds. The van der Waals surface area contributed by atoms with Crippen LogP contribution >= 0.6 is 11.8 Å². The van der Waals surface area contributed by atoms with Gasteiger partial charge >= 0.3 is 11.9 Å². The summed E-state index contributed by atoms with van der Waals surface area (Å²) in [4.78, 5) is 40.6. The van der Waals surface area contributed by atoms with E-state index < -0.39 is 23.1 Å². The fourth-order valence-corrected chi connectivity index (χ4v) is 5.14. The first kappa shape index (κ1) is 26.5. The van der Waals surface area contributed by atoms with Gasteiger partial charge in [-0.25, -0.2) is 9.59 Å². The third-order valence-electron chi connectivity index (χ3n) is 5.62. The number of hydrogen-bond acceptors (Lipinski definition) is 9. The van der Waals surface area contributed by atoms with Gasteiger partial charge in [-0.3, -0.25) is 9.69 Å². The number of nitrogens with zero attached hydrogens (tertiary/aromatic N) is 1. The van der Waals surface area contributed by atoms with E-state index in [0.29, 0.717) is 28.5 Å². The van der Waals surface area contributed by atoms with Crippen molar-refractivity contribution < 1.29 is 33.3 Å². The molecule has 3 rings (SSSR count). The highest BCUT2D eigenvalue weighted by Gasteiger charge is 2.49. The van der Waals surface area contributed by atoms with Crippen LogP contribution in [0.15, 0.2) is 40.2 Å². The summed E-state index contributed by atoms with van der Waals surface area (Å²) >= 11 is 1.20. The Morgan fingerprint density at radius 3 is 2.46 bits per heavy atom. The molecule has 2 atom stereocenters. The average molecular weight is 505 g/mol. The number of methoxy groups -OCH3 is 2. The largest absolute Gasteiger partial charge is 0.493 e. The van der Waals surface area contributed by atoms with Crippen molar-refractivity contribution in [2.24, 2.45) is 5.73 Å². The second kappa shape index (κ2) is 11.1. The van der Waals surface area contributed by atoms with E-state index in [-0.39, 0.29) is 35.6 Å². The molecule has 1 fully saturated rings. The Balaban J connectivity index is 2.24. The van der Waals surface area contributed by atoms with Crippen molar-refractivity contribution in [1.29, 1.82) is 0 Å².